The van der Waals surface area contributed by atoms with Crippen LogP contribution in [0.1, 0.15) is 22.2 Å². The summed E-state index contributed by atoms with van der Waals surface area (Å²) in [6.45, 7) is 1.83. The Bertz CT molecular complexity index is 1140. The minimum absolute atomic E-state index is 0.0990. The third-order valence-corrected chi connectivity index (χ3v) is 7.50. The van der Waals surface area contributed by atoms with Gasteiger partial charge in [-0.2, -0.15) is 0 Å². The molecule has 29 heavy (non-hydrogen) atoms. The van der Waals surface area contributed by atoms with Crippen molar-refractivity contribution in [1.29, 1.82) is 0 Å². The SMILES string of the molecule is CNC(Cc1ccc2c(c1)OCO2)c1sccc1S(=O)(=O)Nc1onc(C)c1Cl. The summed E-state index contributed by atoms with van der Waals surface area (Å²) >= 11 is 7.40. The fourth-order valence-corrected chi connectivity index (χ4v) is 5.79. The maximum Gasteiger partial charge on any atom is 0.265 e. The molecule has 1 aromatic carbocycles. The second-order valence-corrected chi connectivity index (χ2v) is 9.38. The van der Waals surface area contributed by atoms with Crippen molar-refractivity contribution in [2.75, 3.05) is 18.6 Å². The van der Waals surface area contributed by atoms with Crippen LogP contribution in [0.2, 0.25) is 5.02 Å². The molecule has 3 heterocycles. The minimum Gasteiger partial charge on any atom is -0.454 e. The van der Waals surface area contributed by atoms with Gasteiger partial charge in [-0.25, -0.2) is 13.1 Å². The largest absolute Gasteiger partial charge is 0.454 e. The molecule has 154 valence electrons. The molecule has 8 nitrogen and oxygen atoms in total. The highest BCUT2D eigenvalue weighted by atomic mass is 35.5. The number of rotatable bonds is 7. The van der Waals surface area contributed by atoms with E-state index in [1.165, 1.54) is 11.3 Å². The summed E-state index contributed by atoms with van der Waals surface area (Å²) in [5.41, 5.74) is 1.40. The summed E-state index contributed by atoms with van der Waals surface area (Å²) < 4.78 is 44.0. The predicted molar refractivity (Wildman–Crippen MR) is 109 cm³/mol. The van der Waals surface area contributed by atoms with Crippen LogP contribution < -0.4 is 19.5 Å². The Labute approximate surface area is 176 Å². The highest BCUT2D eigenvalue weighted by Gasteiger charge is 2.27. The molecule has 0 fully saturated rings. The van der Waals surface area contributed by atoms with Crippen LogP contribution in [0.5, 0.6) is 11.5 Å². The van der Waals surface area contributed by atoms with Gasteiger partial charge in [-0.05, 0) is 49.5 Å². The number of aryl methyl sites for hydroxylation is 1. The smallest absolute Gasteiger partial charge is 0.265 e. The van der Waals surface area contributed by atoms with Gasteiger partial charge >= 0.3 is 0 Å². The fraction of sp³-hybridized carbons (Fsp3) is 0.278. The van der Waals surface area contributed by atoms with Crippen LogP contribution in [0, 0.1) is 6.92 Å². The number of nitrogens with zero attached hydrogens (tertiary/aromatic N) is 1. The number of halogens is 1. The molecule has 2 aromatic heterocycles. The van der Waals surface area contributed by atoms with Gasteiger partial charge in [0.2, 0.25) is 6.79 Å². The number of hydrogen-bond acceptors (Lipinski definition) is 8. The minimum atomic E-state index is -3.91. The van der Waals surface area contributed by atoms with Crippen LogP contribution in [-0.4, -0.2) is 27.4 Å². The third-order valence-electron chi connectivity index (χ3n) is 4.51. The Kier molecular flexibility index (Phi) is 5.43. The quantitative estimate of drug-likeness (QED) is 0.559. The molecule has 1 atom stereocenters. The average Bonchev–Trinajstić information content (AvgIpc) is 3.42. The van der Waals surface area contributed by atoms with Crippen LogP contribution in [0.15, 0.2) is 39.1 Å². The first kappa shape index (κ1) is 20.0. The van der Waals surface area contributed by atoms with E-state index in [1.54, 1.807) is 25.4 Å². The normalized spacial score (nSPS) is 14.2. The predicted octanol–water partition coefficient (Wildman–Crippen LogP) is 3.73. The maximum absolute atomic E-state index is 13.0. The number of likely N-dealkylation sites (N-methyl/N-ethyl adjacent to an activating group) is 1. The Morgan fingerprint density at radius 2 is 2.07 bits per heavy atom. The number of sulfonamides is 1. The Morgan fingerprint density at radius 1 is 1.28 bits per heavy atom. The third kappa shape index (κ3) is 3.93. The lowest BCUT2D eigenvalue weighted by Crippen LogP contribution is -2.22. The van der Waals surface area contributed by atoms with E-state index in [2.05, 4.69) is 15.2 Å². The van der Waals surface area contributed by atoms with Crippen LogP contribution in [-0.2, 0) is 16.4 Å². The van der Waals surface area contributed by atoms with Gasteiger partial charge in [-0.3, -0.25) is 0 Å². The monoisotopic (exact) mass is 455 g/mol. The van der Waals surface area contributed by atoms with E-state index < -0.39 is 10.0 Å². The van der Waals surface area contributed by atoms with E-state index in [-0.39, 0.29) is 28.6 Å². The fourth-order valence-electron chi connectivity index (χ4n) is 3.01. The molecule has 0 saturated heterocycles. The number of thiophene rings is 1. The number of nitrogens with one attached hydrogen (secondary N) is 2. The molecule has 0 radical (unpaired) electrons. The molecule has 1 aliphatic rings. The molecule has 0 bridgehead atoms. The summed E-state index contributed by atoms with van der Waals surface area (Å²) in [6.07, 6.45) is 0.568. The van der Waals surface area contributed by atoms with Crippen LogP contribution >= 0.6 is 22.9 Å². The average molecular weight is 456 g/mol. The summed E-state index contributed by atoms with van der Waals surface area (Å²) in [4.78, 5) is 0.831. The van der Waals surface area contributed by atoms with E-state index in [9.17, 15) is 8.42 Å². The number of ether oxygens (including phenoxy) is 2. The second-order valence-electron chi connectivity index (χ2n) is 6.40. The molecular weight excluding hydrogens is 438 g/mol. The topological polar surface area (TPSA) is 103 Å². The zero-order valence-electron chi connectivity index (χ0n) is 15.6. The lowest BCUT2D eigenvalue weighted by Gasteiger charge is -2.17. The van der Waals surface area contributed by atoms with Gasteiger partial charge in [0.25, 0.3) is 15.9 Å². The number of benzene rings is 1. The van der Waals surface area contributed by atoms with Gasteiger partial charge in [0, 0.05) is 10.9 Å². The van der Waals surface area contributed by atoms with Crippen molar-refractivity contribution >= 4 is 38.8 Å². The van der Waals surface area contributed by atoms with Crippen molar-refractivity contribution in [3.8, 4) is 11.5 Å². The molecule has 3 aromatic rings. The van der Waals surface area contributed by atoms with E-state index in [1.807, 2.05) is 18.2 Å². The summed E-state index contributed by atoms with van der Waals surface area (Å²) in [5.74, 6) is 1.30. The van der Waals surface area contributed by atoms with Crippen LogP contribution in [0.3, 0.4) is 0 Å². The number of hydrogen-bond donors (Lipinski definition) is 2. The van der Waals surface area contributed by atoms with Crippen molar-refractivity contribution in [2.24, 2.45) is 0 Å². The molecule has 1 aliphatic heterocycles. The Balaban J connectivity index is 1.60. The second kappa shape index (κ2) is 7.86. The lowest BCUT2D eigenvalue weighted by molar-refractivity contribution is 0.174. The first-order valence-electron chi connectivity index (χ1n) is 8.67. The van der Waals surface area contributed by atoms with Crippen molar-refractivity contribution in [2.45, 2.75) is 24.3 Å². The van der Waals surface area contributed by atoms with Crippen molar-refractivity contribution in [3.05, 3.63) is 50.8 Å². The molecule has 0 saturated carbocycles. The Hall–Kier alpha value is -2.27. The highest BCUT2D eigenvalue weighted by molar-refractivity contribution is 7.93. The van der Waals surface area contributed by atoms with Gasteiger partial charge in [-0.15, -0.1) is 11.3 Å². The standard InChI is InChI=1S/C18H18ClN3O5S2/c1-10-16(19)18(27-21-10)22-29(23,24)15-5-6-28-17(15)12(20-2)7-11-3-4-13-14(8-11)26-9-25-13/h3-6,8,12,20,22H,7,9H2,1-2H3. The zero-order valence-corrected chi connectivity index (χ0v) is 18.0. The maximum atomic E-state index is 13.0. The molecule has 4 rings (SSSR count). The van der Waals surface area contributed by atoms with Gasteiger partial charge in [0.1, 0.15) is 15.6 Å². The first-order chi connectivity index (χ1) is 13.9. The van der Waals surface area contributed by atoms with Crippen LogP contribution in [0.4, 0.5) is 5.88 Å². The number of aromatic nitrogens is 1. The lowest BCUT2D eigenvalue weighted by atomic mass is 10.0. The van der Waals surface area contributed by atoms with Gasteiger partial charge < -0.3 is 19.3 Å². The molecule has 1 unspecified atom stereocenters. The van der Waals surface area contributed by atoms with E-state index >= 15 is 0 Å². The summed E-state index contributed by atoms with van der Waals surface area (Å²) in [5, 5.41) is 8.74. The Morgan fingerprint density at radius 3 is 2.79 bits per heavy atom. The molecule has 0 amide bonds. The molecule has 0 aliphatic carbocycles. The van der Waals surface area contributed by atoms with Crippen LogP contribution in [0.25, 0.3) is 0 Å². The highest BCUT2D eigenvalue weighted by Crippen LogP contribution is 2.36. The van der Waals surface area contributed by atoms with E-state index in [0.717, 1.165) is 5.56 Å². The van der Waals surface area contributed by atoms with E-state index in [0.29, 0.717) is 28.5 Å². The molecule has 0 spiro atoms. The van der Waals surface area contributed by atoms with Crippen molar-refractivity contribution in [1.82, 2.24) is 10.5 Å². The zero-order chi connectivity index (χ0) is 20.6. The van der Waals surface area contributed by atoms with Crippen molar-refractivity contribution < 1.29 is 22.4 Å². The van der Waals surface area contributed by atoms with Crippen molar-refractivity contribution in [3.63, 3.8) is 0 Å². The number of fused-ring (bicyclic) bond motifs is 1. The summed E-state index contributed by atoms with van der Waals surface area (Å²) in [6, 6.07) is 7.03. The summed E-state index contributed by atoms with van der Waals surface area (Å²) in [7, 11) is -2.12. The molecule has 11 heteroatoms. The van der Waals surface area contributed by atoms with Gasteiger partial charge in [0.05, 0.1) is 0 Å². The first-order valence-corrected chi connectivity index (χ1v) is 11.4. The number of anilines is 1. The van der Waals surface area contributed by atoms with Gasteiger partial charge in [0.15, 0.2) is 11.5 Å². The van der Waals surface area contributed by atoms with E-state index in [4.69, 9.17) is 25.6 Å². The molecular formula is C18H18ClN3O5S2. The van der Waals surface area contributed by atoms with Gasteiger partial charge in [-0.1, -0.05) is 22.8 Å². The molecule has 2 N–H and O–H groups in total.